The smallest absolute Gasteiger partial charge is 0.208 e. The van der Waals surface area contributed by atoms with Gasteiger partial charge in [-0.15, -0.1) is 0 Å². The molecule has 0 spiro atoms. The van der Waals surface area contributed by atoms with Gasteiger partial charge in [0.1, 0.15) is 0 Å². The highest BCUT2D eigenvalue weighted by Gasteiger charge is 2.18. The molecule has 1 rings (SSSR count). The number of hydrogen-bond donors (Lipinski definition) is 1. The molecule has 1 saturated heterocycles. The lowest BCUT2D eigenvalue weighted by Crippen LogP contribution is -2.37. The van der Waals surface area contributed by atoms with E-state index in [-0.39, 0.29) is 18.8 Å². The SMILES string of the molecule is CCOC(CNS(C)(=O)=O)COC1CCOCC1. The van der Waals surface area contributed by atoms with Gasteiger partial charge >= 0.3 is 0 Å². The van der Waals surface area contributed by atoms with Crippen LogP contribution >= 0.6 is 0 Å². The third kappa shape index (κ3) is 7.27. The quantitative estimate of drug-likeness (QED) is 0.685. The minimum Gasteiger partial charge on any atom is -0.381 e. The van der Waals surface area contributed by atoms with Crippen molar-refractivity contribution in [3.63, 3.8) is 0 Å². The van der Waals surface area contributed by atoms with E-state index in [1.54, 1.807) is 0 Å². The normalized spacial score (nSPS) is 19.9. The van der Waals surface area contributed by atoms with Gasteiger partial charge in [0.2, 0.25) is 10.0 Å². The molecule has 1 unspecified atom stereocenters. The van der Waals surface area contributed by atoms with E-state index < -0.39 is 10.0 Å². The molecule has 1 heterocycles. The number of rotatable bonds is 8. The van der Waals surface area contributed by atoms with E-state index in [0.29, 0.717) is 13.2 Å². The Bertz CT molecular complexity index is 313. The second-order valence-electron chi connectivity index (χ2n) is 4.34. The van der Waals surface area contributed by atoms with Gasteiger partial charge in [-0.2, -0.15) is 0 Å². The summed E-state index contributed by atoms with van der Waals surface area (Å²) in [6, 6.07) is 0. The molecule has 0 aliphatic carbocycles. The topological polar surface area (TPSA) is 73.9 Å². The van der Waals surface area contributed by atoms with Crippen molar-refractivity contribution in [3.05, 3.63) is 0 Å². The standard InChI is InChI=1S/C11H23NO5S/c1-3-16-11(8-12-18(2,13)14)9-17-10-4-6-15-7-5-10/h10-12H,3-9H2,1-2H3. The molecule has 7 heteroatoms. The Hall–Kier alpha value is -0.210. The molecule has 1 fully saturated rings. The minimum atomic E-state index is -3.19. The van der Waals surface area contributed by atoms with Gasteiger partial charge in [-0.1, -0.05) is 0 Å². The summed E-state index contributed by atoms with van der Waals surface area (Å²) >= 11 is 0. The van der Waals surface area contributed by atoms with Gasteiger partial charge in [-0.25, -0.2) is 13.1 Å². The van der Waals surface area contributed by atoms with E-state index in [4.69, 9.17) is 14.2 Å². The highest BCUT2D eigenvalue weighted by Crippen LogP contribution is 2.11. The summed E-state index contributed by atoms with van der Waals surface area (Å²) in [5.74, 6) is 0. The molecule has 0 saturated carbocycles. The van der Waals surface area contributed by atoms with Crippen molar-refractivity contribution in [2.24, 2.45) is 0 Å². The summed E-state index contributed by atoms with van der Waals surface area (Å²) in [5.41, 5.74) is 0. The van der Waals surface area contributed by atoms with Crippen molar-refractivity contribution in [2.75, 3.05) is 39.2 Å². The Morgan fingerprint density at radius 3 is 2.61 bits per heavy atom. The van der Waals surface area contributed by atoms with Crippen LogP contribution < -0.4 is 4.72 Å². The summed E-state index contributed by atoms with van der Waals surface area (Å²) in [4.78, 5) is 0. The lowest BCUT2D eigenvalue weighted by molar-refractivity contribution is -0.0726. The monoisotopic (exact) mass is 281 g/mol. The number of nitrogens with one attached hydrogen (secondary N) is 1. The molecule has 1 aliphatic heterocycles. The summed E-state index contributed by atoms with van der Waals surface area (Å²) in [6.07, 6.45) is 2.86. The molecule has 0 bridgehead atoms. The molecule has 0 radical (unpaired) electrons. The van der Waals surface area contributed by atoms with Crippen LogP contribution in [0.25, 0.3) is 0 Å². The van der Waals surface area contributed by atoms with Crippen molar-refractivity contribution in [3.8, 4) is 0 Å². The first kappa shape index (κ1) is 15.8. The fourth-order valence-corrected chi connectivity index (χ4v) is 2.22. The van der Waals surface area contributed by atoms with Gasteiger partial charge < -0.3 is 14.2 Å². The molecule has 0 aromatic rings. The zero-order valence-corrected chi connectivity index (χ0v) is 11.9. The Labute approximate surface area is 109 Å². The van der Waals surface area contributed by atoms with E-state index in [2.05, 4.69) is 4.72 Å². The van der Waals surface area contributed by atoms with Crippen LogP contribution in [0, 0.1) is 0 Å². The van der Waals surface area contributed by atoms with Crippen LogP contribution in [0.5, 0.6) is 0 Å². The molecule has 1 N–H and O–H groups in total. The maximum Gasteiger partial charge on any atom is 0.208 e. The largest absolute Gasteiger partial charge is 0.381 e. The zero-order valence-electron chi connectivity index (χ0n) is 11.1. The third-order valence-electron chi connectivity index (χ3n) is 2.66. The van der Waals surface area contributed by atoms with Crippen LogP contribution in [0.2, 0.25) is 0 Å². The highest BCUT2D eigenvalue weighted by atomic mass is 32.2. The van der Waals surface area contributed by atoms with Gasteiger partial charge in [0, 0.05) is 26.4 Å². The highest BCUT2D eigenvalue weighted by molar-refractivity contribution is 7.88. The van der Waals surface area contributed by atoms with Crippen molar-refractivity contribution in [1.82, 2.24) is 4.72 Å². The first-order valence-corrected chi connectivity index (χ1v) is 8.16. The van der Waals surface area contributed by atoms with Gasteiger partial charge in [0.25, 0.3) is 0 Å². The number of hydrogen-bond acceptors (Lipinski definition) is 5. The molecular formula is C11H23NO5S. The summed E-state index contributed by atoms with van der Waals surface area (Å²) < 4.78 is 40.9. The lowest BCUT2D eigenvalue weighted by Gasteiger charge is -2.25. The van der Waals surface area contributed by atoms with Crippen LogP contribution in [0.15, 0.2) is 0 Å². The number of sulfonamides is 1. The molecule has 108 valence electrons. The minimum absolute atomic E-state index is 0.194. The lowest BCUT2D eigenvalue weighted by atomic mass is 10.1. The summed E-state index contributed by atoms with van der Waals surface area (Å²) in [7, 11) is -3.19. The van der Waals surface area contributed by atoms with E-state index in [9.17, 15) is 8.42 Å². The fraction of sp³-hybridized carbons (Fsp3) is 1.00. The molecule has 1 atom stereocenters. The zero-order chi connectivity index (χ0) is 13.4. The van der Waals surface area contributed by atoms with E-state index in [1.165, 1.54) is 0 Å². The van der Waals surface area contributed by atoms with Crippen LogP contribution in [-0.4, -0.2) is 59.9 Å². The predicted molar refractivity (Wildman–Crippen MR) is 68.1 cm³/mol. The molecular weight excluding hydrogens is 258 g/mol. The Morgan fingerprint density at radius 1 is 1.39 bits per heavy atom. The van der Waals surface area contributed by atoms with Gasteiger partial charge in [0.05, 0.1) is 25.1 Å². The van der Waals surface area contributed by atoms with E-state index >= 15 is 0 Å². The third-order valence-corrected chi connectivity index (χ3v) is 3.35. The van der Waals surface area contributed by atoms with E-state index in [0.717, 1.165) is 32.3 Å². The fourth-order valence-electron chi connectivity index (χ4n) is 1.73. The Balaban J connectivity index is 2.27. The molecule has 6 nitrogen and oxygen atoms in total. The Kier molecular flexibility index (Phi) is 7.10. The average Bonchev–Trinajstić information content (AvgIpc) is 2.33. The van der Waals surface area contributed by atoms with Crippen molar-refractivity contribution < 1.29 is 22.6 Å². The first-order chi connectivity index (χ1) is 8.51. The van der Waals surface area contributed by atoms with Gasteiger partial charge in [0.15, 0.2) is 0 Å². The molecule has 0 aromatic carbocycles. The maximum atomic E-state index is 11.0. The van der Waals surface area contributed by atoms with Crippen LogP contribution in [-0.2, 0) is 24.2 Å². The second-order valence-corrected chi connectivity index (χ2v) is 6.18. The summed E-state index contributed by atoms with van der Waals surface area (Å²) in [5, 5.41) is 0. The summed E-state index contributed by atoms with van der Waals surface area (Å²) in [6.45, 7) is 4.52. The maximum absolute atomic E-state index is 11.0. The molecule has 0 amide bonds. The van der Waals surface area contributed by atoms with Gasteiger partial charge in [-0.3, -0.25) is 0 Å². The van der Waals surface area contributed by atoms with Crippen molar-refractivity contribution in [1.29, 1.82) is 0 Å². The van der Waals surface area contributed by atoms with E-state index in [1.807, 2.05) is 6.92 Å². The molecule has 1 aliphatic rings. The van der Waals surface area contributed by atoms with Crippen molar-refractivity contribution >= 4 is 10.0 Å². The number of ether oxygens (including phenoxy) is 3. The van der Waals surface area contributed by atoms with Crippen molar-refractivity contribution in [2.45, 2.75) is 32.0 Å². The van der Waals surface area contributed by atoms with Gasteiger partial charge in [-0.05, 0) is 19.8 Å². The molecule has 18 heavy (non-hydrogen) atoms. The first-order valence-electron chi connectivity index (χ1n) is 6.27. The predicted octanol–water partition coefficient (Wildman–Crippen LogP) is 0.136. The van der Waals surface area contributed by atoms with Crippen LogP contribution in [0.3, 0.4) is 0 Å². The Morgan fingerprint density at radius 2 is 2.06 bits per heavy atom. The molecule has 0 aromatic heterocycles. The van der Waals surface area contributed by atoms with Crippen LogP contribution in [0.4, 0.5) is 0 Å². The second kappa shape index (κ2) is 8.06. The average molecular weight is 281 g/mol. The van der Waals surface area contributed by atoms with Crippen LogP contribution in [0.1, 0.15) is 19.8 Å².